The van der Waals surface area contributed by atoms with Gasteiger partial charge in [0, 0.05) is 0 Å². The molecule has 0 unspecified atom stereocenters. The average Bonchev–Trinajstić information content (AvgIpc) is 2.89. The van der Waals surface area contributed by atoms with Crippen molar-refractivity contribution in [2.24, 2.45) is 0 Å². The molecular weight excluding hydrogens is 882 g/mol. The van der Waals surface area contributed by atoms with E-state index in [1.807, 2.05) is 0 Å². The van der Waals surface area contributed by atoms with Gasteiger partial charge in [-0.2, -0.15) is 149 Å². The molecule has 0 spiro atoms. The number of halogens is 34. The summed E-state index contributed by atoms with van der Waals surface area (Å²) in [6.45, 7) is 0. The molecule has 0 aromatic carbocycles. The smallest absolute Gasteiger partial charge is 0.391 e. The number of carbonyl (C=O) groups is 1. The highest BCUT2D eigenvalue weighted by Crippen LogP contribution is 2.66. The molecule has 0 fully saturated rings. The van der Waals surface area contributed by atoms with E-state index in [2.05, 4.69) is 0 Å². The number of hydrogen-bond acceptors (Lipinski definition) is 2. The van der Waals surface area contributed by atoms with Crippen molar-refractivity contribution in [3.63, 3.8) is 0 Å². The van der Waals surface area contributed by atoms with Crippen LogP contribution >= 0.6 is 0 Å². The fourth-order valence-electron chi connectivity index (χ4n) is 2.69. The summed E-state index contributed by atoms with van der Waals surface area (Å²) in [7, 11) is 0. The maximum atomic E-state index is 13.7. The highest BCUT2D eigenvalue weighted by atomic mass is 19.4. The summed E-state index contributed by atoms with van der Waals surface area (Å²) >= 11 is 0. The van der Waals surface area contributed by atoms with Crippen molar-refractivity contribution in [1.82, 2.24) is 0 Å². The molecule has 0 aromatic heterocycles. The predicted octanol–water partition coefficient (Wildman–Crippen LogP) is 10.5. The van der Waals surface area contributed by atoms with E-state index in [1.165, 1.54) is 0 Å². The van der Waals surface area contributed by atoms with E-state index in [0.29, 0.717) is 0 Å². The van der Waals surface area contributed by atoms with Crippen LogP contribution in [-0.2, 0) is 9.53 Å². The lowest BCUT2D eigenvalue weighted by atomic mass is 9.89. The normalized spacial score (nSPS) is 16.9. The molecule has 53 heavy (non-hydrogen) atoms. The standard InChI is InChI=1S/C17F34O2/c18-2(19,3(20,21)4(22,23)5(24,25)6(26,27)9(32,33)12(38,39)15(44,45)46)1(52)53-17(50,51)14(42,43)11(36,37)8(30,31)7(28,29)10(34,35)13(40,41)16(47,48)49. The Balaban J connectivity index is 7.26. The van der Waals surface area contributed by atoms with Gasteiger partial charge in [0.2, 0.25) is 0 Å². The molecule has 0 aliphatic carbocycles. The Labute approximate surface area is 261 Å². The van der Waals surface area contributed by atoms with Crippen molar-refractivity contribution in [2.45, 2.75) is 95.5 Å². The minimum atomic E-state index is -9.66. The van der Waals surface area contributed by atoms with Crippen LogP contribution in [-0.4, -0.2) is 101 Å². The summed E-state index contributed by atoms with van der Waals surface area (Å²) in [4.78, 5) is 10.9. The minimum Gasteiger partial charge on any atom is -0.391 e. The van der Waals surface area contributed by atoms with E-state index >= 15 is 0 Å². The molecule has 0 amide bonds. The second-order valence-electron chi connectivity index (χ2n) is 9.37. The number of rotatable bonds is 14. The van der Waals surface area contributed by atoms with Crippen LogP contribution in [0, 0.1) is 0 Å². The first-order chi connectivity index (χ1) is 22.1. The van der Waals surface area contributed by atoms with E-state index in [4.69, 9.17) is 0 Å². The van der Waals surface area contributed by atoms with Gasteiger partial charge < -0.3 is 4.74 Å². The van der Waals surface area contributed by atoms with Crippen molar-refractivity contribution in [1.29, 1.82) is 0 Å². The molecule has 0 aromatic rings. The van der Waals surface area contributed by atoms with E-state index in [0.717, 1.165) is 4.74 Å². The second kappa shape index (κ2) is 12.0. The van der Waals surface area contributed by atoms with Gasteiger partial charge in [0.25, 0.3) is 0 Å². The predicted molar refractivity (Wildman–Crippen MR) is 87.5 cm³/mol. The Morgan fingerprint density at radius 1 is 0.245 bits per heavy atom. The molecule has 0 rings (SSSR count). The number of alkyl halides is 34. The van der Waals surface area contributed by atoms with Gasteiger partial charge in [-0.25, -0.2) is 4.79 Å². The second-order valence-corrected chi connectivity index (χ2v) is 9.37. The van der Waals surface area contributed by atoms with E-state index < -0.39 is 101 Å². The van der Waals surface area contributed by atoms with Crippen LogP contribution < -0.4 is 0 Å². The Morgan fingerprint density at radius 3 is 0.623 bits per heavy atom. The molecule has 0 aliphatic heterocycles. The van der Waals surface area contributed by atoms with Crippen LogP contribution in [0.4, 0.5) is 149 Å². The van der Waals surface area contributed by atoms with E-state index in [1.54, 1.807) is 0 Å². The van der Waals surface area contributed by atoms with Gasteiger partial charge in [0.15, 0.2) is 0 Å². The van der Waals surface area contributed by atoms with Gasteiger partial charge in [-0.05, 0) is 0 Å². The third-order valence-corrected chi connectivity index (χ3v) is 5.89. The zero-order chi connectivity index (χ0) is 44.3. The third kappa shape index (κ3) is 6.05. The molecule has 0 heterocycles. The van der Waals surface area contributed by atoms with Crippen molar-refractivity contribution in [3.05, 3.63) is 0 Å². The topological polar surface area (TPSA) is 26.3 Å². The minimum absolute atomic E-state index is 0.906. The fraction of sp³-hybridized carbons (Fsp3) is 0.941. The van der Waals surface area contributed by atoms with Crippen molar-refractivity contribution < 1.29 is 159 Å². The third-order valence-electron chi connectivity index (χ3n) is 5.89. The van der Waals surface area contributed by atoms with Crippen molar-refractivity contribution in [3.8, 4) is 0 Å². The number of carbonyl (C=O) groups excluding carboxylic acids is 1. The molecule has 0 aliphatic rings. The highest BCUT2D eigenvalue weighted by Gasteiger charge is 2.98. The molecule has 0 radical (unpaired) electrons. The maximum Gasteiger partial charge on any atom is 0.473 e. The lowest BCUT2D eigenvalue weighted by Crippen LogP contribution is -2.76. The van der Waals surface area contributed by atoms with Crippen molar-refractivity contribution in [2.75, 3.05) is 0 Å². The molecule has 0 saturated heterocycles. The van der Waals surface area contributed by atoms with Gasteiger partial charge in [-0.3, -0.25) is 0 Å². The number of esters is 1. The Hall–Kier alpha value is -2.91. The summed E-state index contributed by atoms with van der Waals surface area (Å²) in [5, 5.41) is 0. The first-order valence-corrected chi connectivity index (χ1v) is 10.8. The van der Waals surface area contributed by atoms with Gasteiger partial charge >= 0.3 is 101 Å². The number of ether oxygens (including phenoxy) is 1. The van der Waals surface area contributed by atoms with Crippen LogP contribution in [0.1, 0.15) is 0 Å². The molecular formula is C17F34O2. The lowest BCUT2D eigenvalue weighted by Gasteiger charge is -2.43. The Kier molecular flexibility index (Phi) is 11.4. The quantitative estimate of drug-likeness (QED) is 0.128. The molecule has 0 saturated carbocycles. The fourth-order valence-corrected chi connectivity index (χ4v) is 2.69. The monoisotopic (exact) mass is 882 g/mol. The molecule has 318 valence electrons. The van der Waals surface area contributed by atoms with Gasteiger partial charge in [-0.1, -0.05) is 0 Å². The molecule has 0 N–H and O–H groups in total. The van der Waals surface area contributed by atoms with Crippen LogP contribution in [0.5, 0.6) is 0 Å². The summed E-state index contributed by atoms with van der Waals surface area (Å²) < 4.78 is 447. The lowest BCUT2D eigenvalue weighted by molar-refractivity contribution is -0.476. The SMILES string of the molecule is O=C(OC(F)(F)C(F)(F)C(F)(F)C(F)(F)C(F)(F)C(F)(F)C(F)(F)C(F)(F)F)C(F)(F)C(F)(F)C(F)(F)C(F)(F)C(F)(F)C(F)(F)C(F)(F)C(F)(F)F. The Morgan fingerprint density at radius 2 is 0.415 bits per heavy atom. The summed E-state index contributed by atoms with van der Waals surface area (Å²) in [5.41, 5.74) is 0. The van der Waals surface area contributed by atoms with Crippen LogP contribution in [0.15, 0.2) is 0 Å². The zero-order valence-corrected chi connectivity index (χ0v) is 22.2. The average molecular weight is 882 g/mol. The maximum absolute atomic E-state index is 13.7. The molecule has 36 heteroatoms. The molecule has 2 nitrogen and oxygen atoms in total. The largest absolute Gasteiger partial charge is 0.473 e. The van der Waals surface area contributed by atoms with Gasteiger partial charge in [-0.15, -0.1) is 0 Å². The highest BCUT2D eigenvalue weighted by molar-refractivity contribution is 5.79. The summed E-state index contributed by atoms with van der Waals surface area (Å²) in [6.07, 6.45) is -25.7. The Bertz CT molecular complexity index is 1360. The van der Waals surface area contributed by atoms with Gasteiger partial charge in [0.1, 0.15) is 0 Å². The van der Waals surface area contributed by atoms with E-state index in [9.17, 15) is 154 Å². The van der Waals surface area contributed by atoms with Crippen LogP contribution in [0.3, 0.4) is 0 Å². The molecule has 0 atom stereocenters. The van der Waals surface area contributed by atoms with Crippen molar-refractivity contribution >= 4 is 5.97 Å². The first kappa shape index (κ1) is 50.1. The zero-order valence-electron chi connectivity index (χ0n) is 22.2. The van der Waals surface area contributed by atoms with Crippen LogP contribution in [0.25, 0.3) is 0 Å². The summed E-state index contributed by atoms with van der Waals surface area (Å²) in [6, 6.07) is 0. The summed E-state index contributed by atoms with van der Waals surface area (Å²) in [5.74, 6) is -128. The van der Waals surface area contributed by atoms with E-state index in [-0.39, 0.29) is 0 Å². The van der Waals surface area contributed by atoms with Crippen LogP contribution in [0.2, 0.25) is 0 Å². The number of hydrogen-bond donors (Lipinski definition) is 0. The molecule has 0 bridgehead atoms. The van der Waals surface area contributed by atoms with Gasteiger partial charge in [0.05, 0.1) is 0 Å². The first-order valence-electron chi connectivity index (χ1n) is 10.8.